The Labute approximate surface area is 110 Å². The van der Waals surface area contributed by atoms with E-state index in [0.29, 0.717) is 11.3 Å². The van der Waals surface area contributed by atoms with Crippen molar-refractivity contribution in [2.24, 2.45) is 0 Å². The van der Waals surface area contributed by atoms with Crippen molar-refractivity contribution in [3.8, 4) is 11.6 Å². The molecule has 0 unspecified atom stereocenters. The zero-order chi connectivity index (χ0) is 14.0. The summed E-state index contributed by atoms with van der Waals surface area (Å²) >= 11 is 0. The van der Waals surface area contributed by atoms with Crippen LogP contribution in [0.1, 0.15) is 11.1 Å². The number of aromatic nitrogens is 1. The maximum Gasteiger partial charge on any atom is 0.312 e. The van der Waals surface area contributed by atoms with Gasteiger partial charge in [0.1, 0.15) is 0 Å². The summed E-state index contributed by atoms with van der Waals surface area (Å²) in [4.78, 5) is 14.6. The molecule has 0 saturated heterocycles. The number of nitrogen functional groups attached to an aromatic ring is 1. The average Bonchev–Trinajstić information content (AvgIpc) is 2.32. The van der Waals surface area contributed by atoms with Crippen molar-refractivity contribution < 1.29 is 9.66 Å². The number of ether oxygens (including phenoxy) is 1. The predicted octanol–water partition coefficient (Wildman–Crippen LogP) is 2.98. The smallest absolute Gasteiger partial charge is 0.312 e. The maximum absolute atomic E-state index is 11.1. The monoisotopic (exact) mass is 259 g/mol. The summed E-state index contributed by atoms with van der Waals surface area (Å²) in [5.74, 6) is 0.420. The highest BCUT2D eigenvalue weighted by Crippen LogP contribution is 2.35. The van der Waals surface area contributed by atoms with Crippen LogP contribution in [0.15, 0.2) is 30.5 Å². The molecular weight excluding hydrogens is 246 g/mol. The fourth-order valence-corrected chi connectivity index (χ4v) is 1.79. The Hall–Kier alpha value is -2.63. The second-order valence-corrected chi connectivity index (χ2v) is 4.22. The normalized spacial score (nSPS) is 10.2. The molecule has 0 amide bonds. The molecule has 0 saturated carbocycles. The third kappa shape index (κ3) is 2.79. The van der Waals surface area contributed by atoms with E-state index in [0.717, 1.165) is 5.56 Å². The summed E-state index contributed by atoms with van der Waals surface area (Å²) in [7, 11) is 0. The second kappa shape index (κ2) is 4.93. The van der Waals surface area contributed by atoms with Crippen molar-refractivity contribution in [3.05, 3.63) is 51.7 Å². The first-order chi connectivity index (χ1) is 8.97. The average molecular weight is 259 g/mol. The van der Waals surface area contributed by atoms with E-state index in [4.69, 9.17) is 10.5 Å². The molecule has 2 rings (SSSR count). The Bertz CT molecular complexity index is 641. The highest BCUT2D eigenvalue weighted by atomic mass is 16.6. The van der Waals surface area contributed by atoms with E-state index in [1.165, 1.54) is 18.3 Å². The molecule has 0 bridgehead atoms. The van der Waals surface area contributed by atoms with E-state index in [1.54, 1.807) is 19.9 Å². The molecule has 6 nitrogen and oxygen atoms in total. The second-order valence-electron chi connectivity index (χ2n) is 4.22. The van der Waals surface area contributed by atoms with E-state index >= 15 is 0 Å². The van der Waals surface area contributed by atoms with Crippen LogP contribution >= 0.6 is 0 Å². The van der Waals surface area contributed by atoms with Gasteiger partial charge in [0.25, 0.3) is 0 Å². The summed E-state index contributed by atoms with van der Waals surface area (Å²) in [5.41, 5.74) is 7.50. The minimum absolute atomic E-state index is 0.0817. The van der Waals surface area contributed by atoms with Gasteiger partial charge in [0.15, 0.2) is 0 Å². The number of nitrogens with two attached hydrogens (primary N) is 1. The van der Waals surface area contributed by atoms with Gasteiger partial charge in [0, 0.05) is 24.0 Å². The van der Waals surface area contributed by atoms with Crippen molar-refractivity contribution in [3.63, 3.8) is 0 Å². The number of nitro benzene ring substituents is 1. The fraction of sp³-hybridized carbons (Fsp3) is 0.154. The number of aryl methyl sites for hydroxylation is 2. The lowest BCUT2D eigenvalue weighted by atomic mass is 10.1. The van der Waals surface area contributed by atoms with Crippen LogP contribution in [0.3, 0.4) is 0 Å². The van der Waals surface area contributed by atoms with Crippen LogP contribution in [-0.2, 0) is 0 Å². The SMILES string of the molecule is Cc1cc(C)c(Oc2cc(N)ccn2)c([N+](=O)[O-])c1. The molecule has 0 fully saturated rings. The number of nitrogens with zero attached hydrogens (tertiary/aromatic N) is 2. The Morgan fingerprint density at radius 1 is 1.32 bits per heavy atom. The molecule has 98 valence electrons. The van der Waals surface area contributed by atoms with Crippen LogP contribution in [0.4, 0.5) is 11.4 Å². The quantitative estimate of drug-likeness (QED) is 0.675. The lowest BCUT2D eigenvalue weighted by Crippen LogP contribution is -1.98. The standard InChI is InChI=1S/C13H13N3O3/c1-8-5-9(2)13(11(6-8)16(17)18)19-12-7-10(14)3-4-15-12/h3-7H,1-2H3,(H2,14,15). The molecule has 0 aliphatic carbocycles. The van der Waals surface area contributed by atoms with Crippen LogP contribution in [-0.4, -0.2) is 9.91 Å². The predicted molar refractivity (Wildman–Crippen MR) is 71.3 cm³/mol. The number of benzene rings is 1. The number of hydrogen-bond donors (Lipinski definition) is 1. The van der Waals surface area contributed by atoms with Gasteiger partial charge in [-0.15, -0.1) is 0 Å². The van der Waals surface area contributed by atoms with Gasteiger partial charge in [-0.3, -0.25) is 10.1 Å². The molecule has 2 N–H and O–H groups in total. The van der Waals surface area contributed by atoms with Gasteiger partial charge in [0.2, 0.25) is 11.6 Å². The lowest BCUT2D eigenvalue weighted by molar-refractivity contribution is -0.385. The molecule has 19 heavy (non-hydrogen) atoms. The van der Waals surface area contributed by atoms with Gasteiger partial charge in [0.05, 0.1) is 4.92 Å². The fourth-order valence-electron chi connectivity index (χ4n) is 1.79. The Kier molecular flexibility index (Phi) is 3.33. The molecule has 1 heterocycles. The van der Waals surface area contributed by atoms with Gasteiger partial charge < -0.3 is 10.5 Å². The lowest BCUT2D eigenvalue weighted by Gasteiger charge is -2.09. The van der Waals surface area contributed by atoms with E-state index < -0.39 is 4.92 Å². The third-order valence-electron chi connectivity index (χ3n) is 2.56. The third-order valence-corrected chi connectivity index (χ3v) is 2.56. The Balaban J connectivity index is 2.47. The Morgan fingerprint density at radius 2 is 2.05 bits per heavy atom. The van der Waals surface area contributed by atoms with Crippen LogP contribution < -0.4 is 10.5 Å². The number of anilines is 1. The number of pyridine rings is 1. The molecule has 6 heteroatoms. The molecule has 2 aromatic rings. The first-order valence-corrected chi connectivity index (χ1v) is 5.62. The maximum atomic E-state index is 11.1. The molecule has 0 spiro atoms. The van der Waals surface area contributed by atoms with Crippen molar-refractivity contribution in [1.82, 2.24) is 4.98 Å². The van der Waals surface area contributed by atoms with Gasteiger partial charge in [-0.1, -0.05) is 6.07 Å². The molecule has 0 aliphatic heterocycles. The van der Waals surface area contributed by atoms with Gasteiger partial charge in [-0.25, -0.2) is 4.98 Å². The van der Waals surface area contributed by atoms with Crippen molar-refractivity contribution >= 4 is 11.4 Å². The minimum atomic E-state index is -0.471. The summed E-state index contributed by atoms with van der Waals surface area (Å²) in [6, 6.07) is 6.41. The summed E-state index contributed by atoms with van der Waals surface area (Å²) in [5, 5.41) is 11.1. The van der Waals surface area contributed by atoms with Gasteiger partial charge >= 0.3 is 5.69 Å². The molecule has 1 aromatic carbocycles. The van der Waals surface area contributed by atoms with Crippen LogP contribution in [0.25, 0.3) is 0 Å². The van der Waals surface area contributed by atoms with E-state index in [-0.39, 0.29) is 17.3 Å². The number of nitro groups is 1. The minimum Gasteiger partial charge on any atom is -0.431 e. The van der Waals surface area contributed by atoms with Gasteiger partial charge in [-0.2, -0.15) is 0 Å². The van der Waals surface area contributed by atoms with E-state index in [1.807, 2.05) is 6.07 Å². The first kappa shape index (κ1) is 12.8. The summed E-state index contributed by atoms with van der Waals surface area (Å²) in [6.07, 6.45) is 1.49. The summed E-state index contributed by atoms with van der Waals surface area (Å²) < 4.78 is 5.50. The van der Waals surface area contributed by atoms with Crippen LogP contribution in [0.5, 0.6) is 11.6 Å². The highest BCUT2D eigenvalue weighted by molar-refractivity contribution is 5.55. The molecule has 0 atom stereocenters. The number of hydrogen-bond acceptors (Lipinski definition) is 5. The highest BCUT2D eigenvalue weighted by Gasteiger charge is 2.19. The molecular formula is C13H13N3O3. The van der Waals surface area contributed by atoms with Crippen molar-refractivity contribution in [1.29, 1.82) is 0 Å². The molecule has 1 aromatic heterocycles. The zero-order valence-electron chi connectivity index (χ0n) is 10.6. The van der Waals surface area contributed by atoms with E-state index in [2.05, 4.69) is 4.98 Å². The van der Waals surface area contributed by atoms with Gasteiger partial charge in [-0.05, 0) is 31.0 Å². The van der Waals surface area contributed by atoms with Crippen LogP contribution in [0.2, 0.25) is 0 Å². The number of rotatable bonds is 3. The van der Waals surface area contributed by atoms with Crippen LogP contribution in [0, 0.1) is 24.0 Å². The van der Waals surface area contributed by atoms with E-state index in [9.17, 15) is 10.1 Å². The topological polar surface area (TPSA) is 91.3 Å². The zero-order valence-corrected chi connectivity index (χ0v) is 10.6. The Morgan fingerprint density at radius 3 is 2.68 bits per heavy atom. The first-order valence-electron chi connectivity index (χ1n) is 5.62. The summed E-state index contributed by atoms with van der Waals surface area (Å²) in [6.45, 7) is 3.55. The largest absolute Gasteiger partial charge is 0.431 e. The molecule has 0 radical (unpaired) electrons. The molecule has 0 aliphatic rings. The van der Waals surface area contributed by atoms with Crippen molar-refractivity contribution in [2.45, 2.75) is 13.8 Å². The van der Waals surface area contributed by atoms with Crippen molar-refractivity contribution in [2.75, 3.05) is 5.73 Å².